The van der Waals surface area contributed by atoms with Crippen LogP contribution in [-0.2, 0) is 11.2 Å². The summed E-state index contributed by atoms with van der Waals surface area (Å²) in [7, 11) is 0. The van der Waals surface area contributed by atoms with E-state index in [1.54, 1.807) is 6.07 Å². The number of carbonyl (C=O) groups excluding carboxylic acids is 2. The molecule has 1 aromatic rings. The number of rotatable bonds is 7. The van der Waals surface area contributed by atoms with Gasteiger partial charge in [-0.15, -0.1) is 0 Å². The number of carbonyl (C=O) groups is 2. The largest absolute Gasteiger partial charge is 0.492 e. The van der Waals surface area contributed by atoms with Crippen LogP contribution in [0.25, 0.3) is 0 Å². The number of likely N-dealkylation sites (N-methyl/N-ethyl adjacent to an activating group) is 1. The SMILES string of the molecule is CCCN(CC)[C@@H]1COc2ccc(C(=O)NCC(C)=O)cc2C1. The van der Waals surface area contributed by atoms with Gasteiger partial charge in [0.25, 0.3) is 5.91 Å². The Morgan fingerprint density at radius 1 is 1.35 bits per heavy atom. The molecule has 1 aliphatic heterocycles. The van der Waals surface area contributed by atoms with E-state index in [4.69, 9.17) is 4.74 Å². The van der Waals surface area contributed by atoms with Gasteiger partial charge >= 0.3 is 0 Å². The van der Waals surface area contributed by atoms with Crippen molar-refractivity contribution in [2.75, 3.05) is 26.2 Å². The Hall–Kier alpha value is -1.88. The molecule has 0 radical (unpaired) electrons. The van der Waals surface area contributed by atoms with Gasteiger partial charge in [0.2, 0.25) is 0 Å². The second-order valence-electron chi connectivity index (χ2n) is 6.00. The minimum atomic E-state index is -0.217. The zero-order valence-corrected chi connectivity index (χ0v) is 14.2. The molecule has 1 atom stereocenters. The van der Waals surface area contributed by atoms with Crippen molar-refractivity contribution in [1.29, 1.82) is 0 Å². The first-order valence-electron chi connectivity index (χ1n) is 8.32. The number of hydrogen-bond donors (Lipinski definition) is 1. The Morgan fingerprint density at radius 2 is 2.13 bits per heavy atom. The molecule has 0 spiro atoms. The van der Waals surface area contributed by atoms with E-state index in [-0.39, 0.29) is 18.2 Å². The fourth-order valence-corrected chi connectivity index (χ4v) is 2.95. The van der Waals surface area contributed by atoms with Crippen molar-refractivity contribution >= 4 is 11.7 Å². The molecule has 5 heteroatoms. The Labute approximate surface area is 138 Å². The first-order valence-corrected chi connectivity index (χ1v) is 8.32. The van der Waals surface area contributed by atoms with Crippen LogP contribution in [0.2, 0.25) is 0 Å². The van der Waals surface area contributed by atoms with E-state index in [1.807, 2.05) is 12.1 Å². The van der Waals surface area contributed by atoms with Gasteiger partial charge < -0.3 is 10.1 Å². The summed E-state index contributed by atoms with van der Waals surface area (Å²) in [5.41, 5.74) is 1.64. The highest BCUT2D eigenvalue weighted by atomic mass is 16.5. The molecule has 0 fully saturated rings. The second-order valence-corrected chi connectivity index (χ2v) is 6.00. The molecule has 1 aliphatic rings. The maximum atomic E-state index is 12.1. The van der Waals surface area contributed by atoms with E-state index in [0.717, 1.165) is 37.2 Å². The molecular weight excluding hydrogens is 292 g/mol. The van der Waals surface area contributed by atoms with Crippen LogP contribution in [-0.4, -0.2) is 48.9 Å². The van der Waals surface area contributed by atoms with Gasteiger partial charge in [-0.3, -0.25) is 14.5 Å². The van der Waals surface area contributed by atoms with Gasteiger partial charge in [-0.05, 0) is 56.6 Å². The number of ether oxygens (including phenoxy) is 1. The number of Topliss-reactive ketones (excluding diaryl/α,β-unsaturated/α-hetero) is 1. The van der Waals surface area contributed by atoms with E-state index in [0.29, 0.717) is 18.2 Å². The predicted molar refractivity (Wildman–Crippen MR) is 90.0 cm³/mol. The number of fused-ring (bicyclic) bond motifs is 1. The van der Waals surface area contributed by atoms with Gasteiger partial charge in [-0.2, -0.15) is 0 Å². The molecule has 1 aromatic carbocycles. The van der Waals surface area contributed by atoms with Crippen molar-refractivity contribution in [2.24, 2.45) is 0 Å². The Morgan fingerprint density at radius 3 is 2.78 bits per heavy atom. The van der Waals surface area contributed by atoms with Crippen LogP contribution in [0.5, 0.6) is 5.75 Å². The molecule has 0 saturated carbocycles. The molecule has 0 aliphatic carbocycles. The number of benzene rings is 1. The van der Waals surface area contributed by atoms with Gasteiger partial charge in [0.1, 0.15) is 18.1 Å². The third kappa shape index (κ3) is 4.55. The summed E-state index contributed by atoms with van der Waals surface area (Å²) in [5.74, 6) is 0.584. The van der Waals surface area contributed by atoms with Crippen LogP contribution in [0, 0.1) is 0 Å². The number of nitrogens with one attached hydrogen (secondary N) is 1. The van der Waals surface area contributed by atoms with Gasteiger partial charge in [0.05, 0.1) is 6.54 Å². The molecule has 2 rings (SSSR count). The average molecular weight is 318 g/mol. The van der Waals surface area contributed by atoms with Crippen LogP contribution in [0.1, 0.15) is 43.1 Å². The molecule has 1 heterocycles. The summed E-state index contributed by atoms with van der Waals surface area (Å²) in [6.45, 7) is 8.60. The van der Waals surface area contributed by atoms with Gasteiger partial charge in [0.15, 0.2) is 0 Å². The highest BCUT2D eigenvalue weighted by Crippen LogP contribution is 2.27. The van der Waals surface area contributed by atoms with Crippen LogP contribution in [0.15, 0.2) is 18.2 Å². The molecule has 0 saturated heterocycles. The van der Waals surface area contributed by atoms with E-state index >= 15 is 0 Å². The molecular formula is C18H26N2O3. The van der Waals surface area contributed by atoms with Gasteiger partial charge in [-0.1, -0.05) is 13.8 Å². The molecule has 126 valence electrons. The highest BCUT2D eigenvalue weighted by molar-refractivity contribution is 5.96. The van der Waals surface area contributed by atoms with E-state index < -0.39 is 0 Å². The summed E-state index contributed by atoms with van der Waals surface area (Å²) in [6.07, 6.45) is 2.00. The minimum absolute atomic E-state index is 0.0575. The smallest absolute Gasteiger partial charge is 0.251 e. The third-order valence-electron chi connectivity index (χ3n) is 4.14. The summed E-state index contributed by atoms with van der Waals surface area (Å²) in [6, 6.07) is 5.84. The molecule has 0 unspecified atom stereocenters. The fourth-order valence-electron chi connectivity index (χ4n) is 2.95. The fraction of sp³-hybridized carbons (Fsp3) is 0.556. The van der Waals surface area contributed by atoms with Gasteiger partial charge in [0, 0.05) is 11.6 Å². The summed E-state index contributed by atoms with van der Waals surface area (Å²) < 4.78 is 5.87. The predicted octanol–water partition coefficient (Wildman–Crippen LogP) is 2.04. The van der Waals surface area contributed by atoms with Crippen molar-refractivity contribution in [2.45, 2.75) is 39.7 Å². The second kappa shape index (κ2) is 8.11. The van der Waals surface area contributed by atoms with E-state index in [9.17, 15) is 9.59 Å². The first-order chi connectivity index (χ1) is 11.0. The summed E-state index contributed by atoms with van der Waals surface area (Å²) >= 11 is 0. The lowest BCUT2D eigenvalue weighted by molar-refractivity contribution is -0.116. The lowest BCUT2D eigenvalue weighted by Gasteiger charge is -2.34. The lowest BCUT2D eigenvalue weighted by Crippen LogP contribution is -2.43. The standard InChI is InChI=1S/C18H26N2O3/c1-4-8-20(5-2)16-10-15-9-14(6-7-17(15)23-12-16)18(22)19-11-13(3)21/h6-7,9,16H,4-5,8,10-12H2,1-3H3,(H,19,22)/t16-/m0/s1. The number of hydrogen-bond acceptors (Lipinski definition) is 4. The topological polar surface area (TPSA) is 58.6 Å². The third-order valence-corrected chi connectivity index (χ3v) is 4.14. The lowest BCUT2D eigenvalue weighted by atomic mass is 9.98. The van der Waals surface area contributed by atoms with Gasteiger partial charge in [-0.25, -0.2) is 0 Å². The maximum absolute atomic E-state index is 12.1. The summed E-state index contributed by atoms with van der Waals surface area (Å²) in [4.78, 5) is 25.5. The molecule has 1 N–H and O–H groups in total. The minimum Gasteiger partial charge on any atom is -0.492 e. The molecule has 5 nitrogen and oxygen atoms in total. The quantitative estimate of drug-likeness (QED) is 0.836. The van der Waals surface area contributed by atoms with Crippen molar-refractivity contribution in [3.05, 3.63) is 29.3 Å². The number of ketones is 1. The first kappa shape index (κ1) is 17.5. The molecule has 0 aromatic heterocycles. The van der Waals surface area contributed by atoms with Crippen LogP contribution in [0.3, 0.4) is 0 Å². The van der Waals surface area contributed by atoms with E-state index in [2.05, 4.69) is 24.1 Å². The van der Waals surface area contributed by atoms with Crippen LogP contribution < -0.4 is 10.1 Å². The Bertz CT molecular complexity index is 571. The zero-order valence-electron chi connectivity index (χ0n) is 14.2. The average Bonchev–Trinajstić information content (AvgIpc) is 2.56. The van der Waals surface area contributed by atoms with Crippen LogP contribution >= 0.6 is 0 Å². The zero-order chi connectivity index (χ0) is 16.8. The highest BCUT2D eigenvalue weighted by Gasteiger charge is 2.25. The monoisotopic (exact) mass is 318 g/mol. The van der Waals surface area contributed by atoms with Crippen molar-refractivity contribution in [3.8, 4) is 5.75 Å². The van der Waals surface area contributed by atoms with Crippen molar-refractivity contribution in [3.63, 3.8) is 0 Å². The molecule has 23 heavy (non-hydrogen) atoms. The van der Waals surface area contributed by atoms with Crippen molar-refractivity contribution in [1.82, 2.24) is 10.2 Å². The number of nitrogens with zero attached hydrogens (tertiary/aromatic N) is 1. The van der Waals surface area contributed by atoms with Crippen LogP contribution in [0.4, 0.5) is 0 Å². The van der Waals surface area contributed by atoms with E-state index in [1.165, 1.54) is 6.92 Å². The Kier molecular flexibility index (Phi) is 6.16. The molecule has 0 bridgehead atoms. The number of amides is 1. The molecule has 1 amide bonds. The summed E-state index contributed by atoms with van der Waals surface area (Å²) in [5, 5.41) is 2.63. The Balaban J connectivity index is 2.10. The normalized spacial score (nSPS) is 16.6. The van der Waals surface area contributed by atoms with Crippen molar-refractivity contribution < 1.29 is 14.3 Å². The maximum Gasteiger partial charge on any atom is 0.251 e.